The average Bonchev–Trinajstić information content (AvgIpc) is 2.44. The zero-order valence-corrected chi connectivity index (χ0v) is 6.53. The molecule has 0 saturated carbocycles. The molecule has 0 aliphatic heterocycles. The predicted octanol–water partition coefficient (Wildman–Crippen LogP) is 1.08. The van der Waals surface area contributed by atoms with Gasteiger partial charge in [-0.05, 0) is 13.0 Å². The standard InChI is InChI=1S/C8H7N3O/c1-5-2-6-7(3-12)9-4-10-8(6)11-5/h2-4H,1H3,(H,9,10,11). The maximum atomic E-state index is 10.5. The molecule has 0 bridgehead atoms. The molecule has 0 aliphatic carbocycles. The number of carbonyl (C=O) groups is 1. The Balaban J connectivity index is 2.86. The number of aryl methyl sites for hydroxylation is 1. The van der Waals surface area contributed by atoms with Crippen molar-refractivity contribution in [2.75, 3.05) is 0 Å². The summed E-state index contributed by atoms with van der Waals surface area (Å²) in [5, 5.41) is 0.782. The number of rotatable bonds is 1. The lowest BCUT2D eigenvalue weighted by atomic mass is 10.3. The maximum absolute atomic E-state index is 10.5. The van der Waals surface area contributed by atoms with Gasteiger partial charge in [-0.1, -0.05) is 0 Å². The van der Waals surface area contributed by atoms with Crippen LogP contribution in [0.5, 0.6) is 0 Å². The molecule has 2 rings (SSSR count). The van der Waals surface area contributed by atoms with Gasteiger partial charge < -0.3 is 4.98 Å². The molecule has 0 aromatic carbocycles. The molecule has 0 atom stereocenters. The molecule has 4 nitrogen and oxygen atoms in total. The van der Waals surface area contributed by atoms with Crippen LogP contribution in [0.4, 0.5) is 0 Å². The van der Waals surface area contributed by atoms with Gasteiger partial charge in [0.25, 0.3) is 0 Å². The monoisotopic (exact) mass is 161 g/mol. The summed E-state index contributed by atoms with van der Waals surface area (Å²) in [6.45, 7) is 1.91. The minimum Gasteiger partial charge on any atom is -0.343 e. The van der Waals surface area contributed by atoms with Crippen molar-refractivity contribution in [3.05, 3.63) is 23.8 Å². The summed E-state index contributed by atoms with van der Waals surface area (Å²) >= 11 is 0. The summed E-state index contributed by atoms with van der Waals surface area (Å²) in [5.74, 6) is 0. The molecule has 0 amide bonds. The molecule has 0 fully saturated rings. The van der Waals surface area contributed by atoms with E-state index in [1.165, 1.54) is 6.33 Å². The van der Waals surface area contributed by atoms with Crippen LogP contribution < -0.4 is 0 Å². The molecule has 1 N–H and O–H groups in total. The first-order chi connectivity index (χ1) is 5.81. The van der Waals surface area contributed by atoms with Crippen molar-refractivity contribution in [3.8, 4) is 0 Å². The number of aldehydes is 1. The van der Waals surface area contributed by atoms with E-state index in [1.54, 1.807) is 0 Å². The van der Waals surface area contributed by atoms with Crippen LogP contribution in [0.15, 0.2) is 12.4 Å². The van der Waals surface area contributed by atoms with Crippen LogP contribution in [0.2, 0.25) is 0 Å². The molecular formula is C8H7N3O. The molecule has 0 radical (unpaired) electrons. The van der Waals surface area contributed by atoms with Crippen molar-refractivity contribution in [1.29, 1.82) is 0 Å². The van der Waals surface area contributed by atoms with Gasteiger partial charge >= 0.3 is 0 Å². The summed E-state index contributed by atoms with van der Waals surface area (Å²) in [7, 11) is 0. The van der Waals surface area contributed by atoms with Crippen molar-refractivity contribution >= 4 is 17.3 Å². The van der Waals surface area contributed by atoms with Gasteiger partial charge in [0, 0.05) is 11.1 Å². The number of hydrogen-bond donors (Lipinski definition) is 1. The molecule has 2 aromatic heterocycles. The third-order valence-corrected chi connectivity index (χ3v) is 1.70. The summed E-state index contributed by atoms with van der Waals surface area (Å²) < 4.78 is 0. The van der Waals surface area contributed by atoms with Gasteiger partial charge in [0.2, 0.25) is 0 Å². The van der Waals surface area contributed by atoms with Crippen molar-refractivity contribution in [1.82, 2.24) is 15.0 Å². The first-order valence-electron chi connectivity index (χ1n) is 3.57. The second-order valence-corrected chi connectivity index (χ2v) is 2.59. The zero-order chi connectivity index (χ0) is 8.55. The Bertz CT molecular complexity index is 433. The molecule has 4 heteroatoms. The Labute approximate surface area is 68.7 Å². The number of nitrogens with zero attached hydrogens (tertiary/aromatic N) is 2. The van der Waals surface area contributed by atoms with E-state index in [9.17, 15) is 4.79 Å². The summed E-state index contributed by atoms with van der Waals surface area (Å²) in [6, 6.07) is 1.86. The van der Waals surface area contributed by atoms with Crippen LogP contribution in [-0.4, -0.2) is 21.2 Å². The van der Waals surface area contributed by atoms with Crippen molar-refractivity contribution in [2.45, 2.75) is 6.92 Å². The minimum atomic E-state index is 0.435. The Morgan fingerprint density at radius 1 is 1.50 bits per heavy atom. The lowest BCUT2D eigenvalue weighted by Gasteiger charge is -1.89. The number of fused-ring (bicyclic) bond motifs is 1. The number of carbonyl (C=O) groups excluding carboxylic acids is 1. The zero-order valence-electron chi connectivity index (χ0n) is 6.53. The van der Waals surface area contributed by atoms with Crippen molar-refractivity contribution < 1.29 is 4.79 Å². The van der Waals surface area contributed by atoms with Gasteiger partial charge in [0.15, 0.2) is 6.29 Å². The average molecular weight is 161 g/mol. The molecule has 0 spiro atoms. The molecular weight excluding hydrogens is 154 g/mol. The van der Waals surface area contributed by atoms with Gasteiger partial charge in [-0.25, -0.2) is 9.97 Å². The summed E-state index contributed by atoms with van der Waals surface area (Å²) in [4.78, 5) is 21.4. The van der Waals surface area contributed by atoms with Crippen molar-refractivity contribution in [3.63, 3.8) is 0 Å². The highest BCUT2D eigenvalue weighted by molar-refractivity contribution is 5.93. The van der Waals surface area contributed by atoms with E-state index in [2.05, 4.69) is 15.0 Å². The van der Waals surface area contributed by atoms with Crippen LogP contribution in [0.3, 0.4) is 0 Å². The van der Waals surface area contributed by atoms with Gasteiger partial charge in [0.1, 0.15) is 17.7 Å². The molecule has 2 aromatic rings. The fourth-order valence-corrected chi connectivity index (χ4v) is 1.18. The second kappa shape index (κ2) is 2.41. The summed E-state index contributed by atoms with van der Waals surface area (Å²) in [5.41, 5.74) is 2.13. The van der Waals surface area contributed by atoms with Gasteiger partial charge in [-0.15, -0.1) is 0 Å². The normalized spacial score (nSPS) is 10.4. The number of hydrogen-bond acceptors (Lipinski definition) is 3. The lowest BCUT2D eigenvalue weighted by molar-refractivity contribution is 0.112. The van der Waals surface area contributed by atoms with Crippen LogP contribution >= 0.6 is 0 Å². The molecule has 2 heterocycles. The summed E-state index contributed by atoms with van der Waals surface area (Å²) in [6.07, 6.45) is 2.11. The Morgan fingerprint density at radius 2 is 2.33 bits per heavy atom. The lowest BCUT2D eigenvalue weighted by Crippen LogP contribution is -1.88. The van der Waals surface area contributed by atoms with E-state index in [0.717, 1.165) is 17.4 Å². The van der Waals surface area contributed by atoms with Gasteiger partial charge in [-0.2, -0.15) is 0 Å². The van der Waals surface area contributed by atoms with Crippen molar-refractivity contribution in [2.24, 2.45) is 0 Å². The predicted molar refractivity (Wildman–Crippen MR) is 44.0 cm³/mol. The highest BCUT2D eigenvalue weighted by Gasteiger charge is 2.03. The van der Waals surface area contributed by atoms with E-state index < -0.39 is 0 Å². The van der Waals surface area contributed by atoms with Gasteiger partial charge in [-0.3, -0.25) is 4.79 Å². The smallest absolute Gasteiger partial charge is 0.169 e. The van der Waals surface area contributed by atoms with E-state index in [-0.39, 0.29) is 0 Å². The second-order valence-electron chi connectivity index (χ2n) is 2.59. The Hall–Kier alpha value is -1.71. The molecule has 12 heavy (non-hydrogen) atoms. The van der Waals surface area contributed by atoms with Crippen LogP contribution in [-0.2, 0) is 0 Å². The largest absolute Gasteiger partial charge is 0.343 e. The van der Waals surface area contributed by atoms with E-state index in [0.29, 0.717) is 11.3 Å². The molecule has 0 aliphatic rings. The number of aromatic amines is 1. The highest BCUT2D eigenvalue weighted by Crippen LogP contribution is 2.13. The minimum absolute atomic E-state index is 0.435. The SMILES string of the molecule is Cc1cc2c(C=O)ncnc2[nH]1. The third kappa shape index (κ3) is 0.887. The van der Waals surface area contributed by atoms with Gasteiger partial charge in [0.05, 0.1) is 0 Å². The first kappa shape index (κ1) is 6.97. The number of nitrogens with one attached hydrogen (secondary N) is 1. The topological polar surface area (TPSA) is 58.6 Å². The van der Waals surface area contributed by atoms with Crippen LogP contribution in [0.25, 0.3) is 11.0 Å². The van der Waals surface area contributed by atoms with E-state index in [1.807, 2.05) is 13.0 Å². The molecule has 60 valence electrons. The fraction of sp³-hybridized carbons (Fsp3) is 0.125. The molecule has 0 saturated heterocycles. The highest BCUT2D eigenvalue weighted by atomic mass is 16.1. The van der Waals surface area contributed by atoms with E-state index >= 15 is 0 Å². The maximum Gasteiger partial charge on any atom is 0.169 e. The van der Waals surface area contributed by atoms with E-state index in [4.69, 9.17) is 0 Å². The first-order valence-corrected chi connectivity index (χ1v) is 3.57. The quantitative estimate of drug-likeness (QED) is 0.636. The Morgan fingerprint density at radius 3 is 3.08 bits per heavy atom. The fourth-order valence-electron chi connectivity index (χ4n) is 1.18. The van der Waals surface area contributed by atoms with Crippen LogP contribution in [0, 0.1) is 6.92 Å². The third-order valence-electron chi connectivity index (χ3n) is 1.70. The number of aromatic nitrogens is 3. The Kier molecular flexibility index (Phi) is 1.40. The number of H-pyrrole nitrogens is 1. The van der Waals surface area contributed by atoms with Crippen LogP contribution in [0.1, 0.15) is 16.2 Å². The molecule has 0 unspecified atom stereocenters.